The number of hydrogen-bond donors (Lipinski definition) is 2. The Hall–Kier alpha value is -3.15. The van der Waals surface area contributed by atoms with Gasteiger partial charge in [-0.15, -0.1) is 0 Å². The topological polar surface area (TPSA) is 66.4 Å². The molecule has 1 aliphatic heterocycles. The highest BCUT2D eigenvalue weighted by molar-refractivity contribution is 7.89. The average molecular weight is 387 g/mol. The van der Waals surface area contributed by atoms with Crippen molar-refractivity contribution in [1.82, 2.24) is 4.72 Å². The van der Waals surface area contributed by atoms with E-state index in [1.165, 1.54) is 0 Å². The van der Waals surface area contributed by atoms with Gasteiger partial charge in [-0.2, -0.15) is 4.72 Å². The van der Waals surface area contributed by atoms with Crippen molar-refractivity contribution in [2.45, 2.75) is 10.9 Å². The summed E-state index contributed by atoms with van der Waals surface area (Å²) < 4.78 is 29.2. The third-order valence-electron chi connectivity index (χ3n) is 5.25. The van der Waals surface area contributed by atoms with Crippen molar-refractivity contribution >= 4 is 20.8 Å². The first-order valence-corrected chi connectivity index (χ1v) is 10.5. The molecule has 2 N–H and O–H groups in total. The van der Waals surface area contributed by atoms with E-state index in [2.05, 4.69) is 4.72 Å². The van der Waals surface area contributed by atoms with E-state index in [9.17, 15) is 13.5 Å². The molecular formula is C23H17NO3S. The molecule has 4 aromatic rings. The summed E-state index contributed by atoms with van der Waals surface area (Å²) >= 11 is 0. The fraction of sp³-hybridized carbons (Fsp3) is 0.0435. The van der Waals surface area contributed by atoms with Crippen LogP contribution in [0, 0.1) is 0 Å². The van der Waals surface area contributed by atoms with Gasteiger partial charge in [-0.05, 0) is 34.0 Å². The summed E-state index contributed by atoms with van der Waals surface area (Å²) in [6.07, 6.45) is 0. The number of aromatic hydroxyl groups is 1. The largest absolute Gasteiger partial charge is 0.508 e. The van der Waals surface area contributed by atoms with Crippen molar-refractivity contribution < 1.29 is 13.5 Å². The summed E-state index contributed by atoms with van der Waals surface area (Å²) in [5.74, 6) is 0.0622. The molecule has 4 aromatic carbocycles. The van der Waals surface area contributed by atoms with Crippen LogP contribution < -0.4 is 4.72 Å². The molecule has 0 fully saturated rings. The molecule has 1 heterocycles. The zero-order valence-corrected chi connectivity index (χ0v) is 15.6. The van der Waals surface area contributed by atoms with Gasteiger partial charge < -0.3 is 5.11 Å². The van der Waals surface area contributed by atoms with E-state index in [1.807, 2.05) is 66.7 Å². The van der Waals surface area contributed by atoms with Crippen LogP contribution in [-0.4, -0.2) is 13.5 Å². The van der Waals surface area contributed by atoms with Gasteiger partial charge in [0, 0.05) is 11.1 Å². The maximum Gasteiger partial charge on any atom is 0.242 e. The van der Waals surface area contributed by atoms with E-state index >= 15 is 0 Å². The zero-order valence-electron chi connectivity index (χ0n) is 14.8. The predicted octanol–water partition coefficient (Wildman–Crippen LogP) is 4.59. The van der Waals surface area contributed by atoms with E-state index in [1.54, 1.807) is 18.2 Å². The van der Waals surface area contributed by atoms with Gasteiger partial charge in [-0.1, -0.05) is 72.8 Å². The third-order valence-corrected chi connectivity index (χ3v) is 6.73. The Morgan fingerprint density at radius 3 is 2.29 bits per heavy atom. The van der Waals surface area contributed by atoms with Crippen LogP contribution in [0.3, 0.4) is 0 Å². The molecule has 5 heteroatoms. The van der Waals surface area contributed by atoms with E-state index in [0.29, 0.717) is 11.1 Å². The number of rotatable bonds is 1. The standard InChI is InChI=1S/C23H17NO3S/c25-20-14-13-15-7-1-2-8-16(15)22(20)23-19-11-4-3-9-17(19)18-10-5-6-12-21(18)28(26,27)24-23/h1-14,23-25H. The summed E-state index contributed by atoms with van der Waals surface area (Å²) in [5.41, 5.74) is 2.86. The van der Waals surface area contributed by atoms with Gasteiger partial charge in [0.2, 0.25) is 10.0 Å². The lowest BCUT2D eigenvalue weighted by Gasteiger charge is -2.22. The Morgan fingerprint density at radius 1 is 0.750 bits per heavy atom. The molecule has 0 spiro atoms. The number of phenolic OH excluding ortho intramolecular Hbond substituents is 1. The third kappa shape index (κ3) is 2.52. The van der Waals surface area contributed by atoms with E-state index < -0.39 is 16.1 Å². The Bertz CT molecular complexity index is 1330. The minimum absolute atomic E-state index is 0.0622. The van der Waals surface area contributed by atoms with Crippen molar-refractivity contribution in [2.75, 3.05) is 0 Å². The van der Waals surface area contributed by atoms with Gasteiger partial charge in [-0.25, -0.2) is 8.42 Å². The van der Waals surface area contributed by atoms with Gasteiger partial charge in [0.15, 0.2) is 0 Å². The van der Waals surface area contributed by atoms with Gasteiger partial charge in [0.05, 0.1) is 10.9 Å². The monoisotopic (exact) mass is 387 g/mol. The van der Waals surface area contributed by atoms with Crippen LogP contribution in [-0.2, 0) is 10.0 Å². The van der Waals surface area contributed by atoms with Crippen molar-refractivity contribution in [2.24, 2.45) is 0 Å². The highest BCUT2D eigenvalue weighted by Crippen LogP contribution is 2.43. The number of sulfonamides is 1. The van der Waals surface area contributed by atoms with Crippen LogP contribution in [0.2, 0.25) is 0 Å². The molecule has 5 rings (SSSR count). The minimum Gasteiger partial charge on any atom is -0.508 e. The quantitative estimate of drug-likeness (QED) is 0.502. The Morgan fingerprint density at radius 2 is 1.43 bits per heavy atom. The molecule has 0 amide bonds. The van der Waals surface area contributed by atoms with Crippen LogP contribution in [0.4, 0.5) is 0 Å². The van der Waals surface area contributed by atoms with Crippen molar-refractivity contribution in [3.63, 3.8) is 0 Å². The van der Waals surface area contributed by atoms with Gasteiger partial charge >= 0.3 is 0 Å². The summed E-state index contributed by atoms with van der Waals surface area (Å²) in [4.78, 5) is 0.240. The molecule has 0 aliphatic carbocycles. The molecule has 138 valence electrons. The Balaban J connectivity index is 1.88. The van der Waals surface area contributed by atoms with Gasteiger partial charge in [0.25, 0.3) is 0 Å². The smallest absolute Gasteiger partial charge is 0.242 e. The van der Waals surface area contributed by atoms with Crippen LogP contribution in [0.5, 0.6) is 5.75 Å². The van der Waals surface area contributed by atoms with Crippen molar-refractivity contribution in [1.29, 1.82) is 0 Å². The van der Waals surface area contributed by atoms with Crippen LogP contribution >= 0.6 is 0 Å². The molecular weight excluding hydrogens is 370 g/mol. The predicted molar refractivity (Wildman–Crippen MR) is 110 cm³/mol. The maximum absolute atomic E-state index is 13.2. The molecule has 4 nitrogen and oxygen atoms in total. The molecule has 0 saturated heterocycles. The lowest BCUT2D eigenvalue weighted by Crippen LogP contribution is -2.28. The van der Waals surface area contributed by atoms with Crippen LogP contribution in [0.1, 0.15) is 17.2 Å². The molecule has 0 saturated carbocycles. The van der Waals surface area contributed by atoms with Crippen molar-refractivity contribution in [3.05, 3.63) is 96.1 Å². The average Bonchev–Trinajstić information content (AvgIpc) is 2.81. The summed E-state index contributed by atoms with van der Waals surface area (Å²) in [6, 6.07) is 25.0. The van der Waals surface area contributed by atoms with Crippen LogP contribution in [0.25, 0.3) is 21.9 Å². The molecule has 0 radical (unpaired) electrons. The minimum atomic E-state index is -3.79. The van der Waals surface area contributed by atoms with Gasteiger partial charge in [0.1, 0.15) is 5.75 Å². The fourth-order valence-electron chi connectivity index (χ4n) is 4.00. The zero-order chi connectivity index (χ0) is 19.3. The fourth-order valence-corrected chi connectivity index (χ4v) is 5.41. The van der Waals surface area contributed by atoms with E-state index in [0.717, 1.165) is 21.9 Å². The highest BCUT2D eigenvalue weighted by atomic mass is 32.2. The first kappa shape index (κ1) is 17.0. The Labute approximate surface area is 163 Å². The molecule has 0 bridgehead atoms. The molecule has 28 heavy (non-hydrogen) atoms. The second-order valence-electron chi connectivity index (χ2n) is 6.86. The van der Waals surface area contributed by atoms with E-state index in [-0.39, 0.29) is 10.6 Å². The lowest BCUT2D eigenvalue weighted by molar-refractivity contribution is 0.464. The summed E-state index contributed by atoms with van der Waals surface area (Å²) in [6.45, 7) is 0. The SMILES string of the molecule is O=S1(=O)NC(c2c(O)ccc3ccccc23)c2ccccc2-c2ccccc21. The summed E-state index contributed by atoms with van der Waals surface area (Å²) in [5, 5.41) is 12.5. The number of hydrogen-bond acceptors (Lipinski definition) is 3. The number of nitrogens with one attached hydrogen (secondary N) is 1. The normalized spacial score (nSPS) is 17.5. The first-order chi connectivity index (χ1) is 13.6. The van der Waals surface area contributed by atoms with Gasteiger partial charge in [-0.3, -0.25) is 0 Å². The number of benzene rings is 4. The number of fused-ring (bicyclic) bond motifs is 4. The Kier molecular flexibility index (Phi) is 3.75. The second-order valence-corrected chi connectivity index (χ2v) is 8.54. The molecule has 1 aliphatic rings. The summed E-state index contributed by atoms with van der Waals surface area (Å²) in [7, 11) is -3.79. The van der Waals surface area contributed by atoms with Crippen LogP contribution in [0.15, 0.2) is 89.8 Å². The lowest BCUT2D eigenvalue weighted by atomic mass is 9.89. The number of phenols is 1. The molecule has 1 atom stereocenters. The van der Waals surface area contributed by atoms with E-state index in [4.69, 9.17) is 0 Å². The maximum atomic E-state index is 13.2. The second kappa shape index (κ2) is 6.19. The molecule has 0 aromatic heterocycles. The first-order valence-electron chi connectivity index (χ1n) is 8.97. The highest BCUT2D eigenvalue weighted by Gasteiger charge is 2.33. The molecule has 1 unspecified atom stereocenters. The van der Waals surface area contributed by atoms with Crippen molar-refractivity contribution in [3.8, 4) is 16.9 Å².